The van der Waals surface area contributed by atoms with Crippen molar-refractivity contribution in [1.82, 2.24) is 0 Å². The summed E-state index contributed by atoms with van der Waals surface area (Å²) in [5, 5.41) is 109. The maximum Gasteiger partial charge on any atom is 0.224 e. The van der Waals surface area contributed by atoms with Crippen LogP contribution in [0.4, 0.5) is 0 Å². The Hall–Kier alpha value is -0.640. The summed E-state index contributed by atoms with van der Waals surface area (Å²) in [5.74, 6) is -2.43. The van der Waals surface area contributed by atoms with E-state index in [1.165, 1.54) is 0 Å². The Morgan fingerprint density at radius 2 is 1.03 bits per heavy atom. The SMILES string of the molecule is OC[C@H]1OC(OC[C@@]2(O[C@H]3O[C@H](CO)[C@@H](O)[C@H](O)[C@H]3O)O[C@H](CO)[C@@H](O)[C@@H]2O)[C@H](O)[C@@H](O)[C@H]1O. The van der Waals surface area contributed by atoms with Gasteiger partial charge in [0.2, 0.25) is 5.79 Å². The van der Waals surface area contributed by atoms with E-state index in [0.717, 1.165) is 0 Å². The van der Waals surface area contributed by atoms with Crippen LogP contribution in [0.25, 0.3) is 0 Å². The third kappa shape index (κ3) is 5.09. The van der Waals surface area contributed by atoms with Crippen LogP contribution in [0.15, 0.2) is 0 Å². The summed E-state index contributed by atoms with van der Waals surface area (Å²) in [4.78, 5) is 0. The fourth-order valence-electron chi connectivity index (χ4n) is 4.02. The summed E-state index contributed by atoms with van der Waals surface area (Å²) in [6, 6.07) is 0. The van der Waals surface area contributed by atoms with E-state index in [9.17, 15) is 56.2 Å². The van der Waals surface area contributed by atoms with Crippen LogP contribution in [0, 0.1) is 0 Å². The van der Waals surface area contributed by atoms with Crippen molar-refractivity contribution in [2.24, 2.45) is 0 Å². The molecule has 3 fully saturated rings. The lowest BCUT2D eigenvalue weighted by molar-refractivity contribution is -0.397. The molecule has 14 atom stereocenters. The molecule has 3 heterocycles. The average Bonchev–Trinajstić information content (AvgIpc) is 3.07. The van der Waals surface area contributed by atoms with Crippen LogP contribution < -0.4 is 0 Å². The summed E-state index contributed by atoms with van der Waals surface area (Å²) in [5.41, 5.74) is 0. The van der Waals surface area contributed by atoms with Crippen LogP contribution in [-0.4, -0.2) is 168 Å². The molecular weight excluding hydrogens is 472 g/mol. The number of aliphatic hydroxyl groups is 11. The van der Waals surface area contributed by atoms with E-state index in [1.807, 2.05) is 0 Å². The van der Waals surface area contributed by atoms with Crippen molar-refractivity contribution >= 4 is 0 Å². The Morgan fingerprint density at radius 3 is 1.50 bits per heavy atom. The van der Waals surface area contributed by atoms with Crippen LogP contribution >= 0.6 is 0 Å². The second kappa shape index (κ2) is 11.2. The number of ether oxygens (including phenoxy) is 5. The Morgan fingerprint density at radius 1 is 0.559 bits per heavy atom. The van der Waals surface area contributed by atoms with E-state index in [0.29, 0.717) is 0 Å². The Kier molecular flexibility index (Phi) is 9.18. The van der Waals surface area contributed by atoms with Gasteiger partial charge >= 0.3 is 0 Å². The van der Waals surface area contributed by atoms with Crippen LogP contribution in [0.5, 0.6) is 0 Å². The molecule has 16 heteroatoms. The minimum atomic E-state index is -2.43. The molecule has 3 aliphatic rings. The molecule has 0 radical (unpaired) electrons. The van der Waals surface area contributed by atoms with Gasteiger partial charge in [0, 0.05) is 0 Å². The molecule has 200 valence electrons. The molecule has 3 saturated heterocycles. The maximum absolute atomic E-state index is 10.6. The molecular formula is C18H32O16. The van der Waals surface area contributed by atoms with Gasteiger partial charge in [-0.3, -0.25) is 0 Å². The quantitative estimate of drug-likeness (QED) is 0.146. The Balaban J connectivity index is 1.82. The lowest BCUT2D eigenvalue weighted by Gasteiger charge is -2.44. The van der Waals surface area contributed by atoms with Crippen LogP contribution in [0.3, 0.4) is 0 Å². The molecule has 1 unspecified atom stereocenters. The van der Waals surface area contributed by atoms with Gasteiger partial charge in [0.1, 0.15) is 73.8 Å². The van der Waals surface area contributed by atoms with E-state index in [1.54, 1.807) is 0 Å². The van der Waals surface area contributed by atoms with Gasteiger partial charge in [-0.15, -0.1) is 0 Å². The van der Waals surface area contributed by atoms with E-state index in [2.05, 4.69) is 0 Å². The monoisotopic (exact) mass is 504 g/mol. The first-order valence-electron chi connectivity index (χ1n) is 10.6. The lowest BCUT2D eigenvalue weighted by atomic mass is 9.98. The zero-order valence-electron chi connectivity index (χ0n) is 17.8. The molecule has 0 aromatic rings. The molecule has 0 bridgehead atoms. The summed E-state index contributed by atoms with van der Waals surface area (Å²) in [6.45, 7) is -3.23. The second-order valence-electron chi connectivity index (χ2n) is 8.41. The van der Waals surface area contributed by atoms with E-state index < -0.39 is 112 Å². The highest BCUT2D eigenvalue weighted by atomic mass is 16.8. The molecule has 0 aromatic carbocycles. The lowest BCUT2D eigenvalue weighted by Crippen LogP contribution is -2.63. The van der Waals surface area contributed by atoms with Gasteiger partial charge in [-0.25, -0.2) is 0 Å². The first-order chi connectivity index (χ1) is 16.0. The van der Waals surface area contributed by atoms with Crippen LogP contribution in [0.1, 0.15) is 0 Å². The third-order valence-corrected chi connectivity index (χ3v) is 6.15. The molecule has 3 aliphatic heterocycles. The van der Waals surface area contributed by atoms with Gasteiger partial charge in [-0.2, -0.15) is 0 Å². The van der Waals surface area contributed by atoms with Gasteiger partial charge in [-0.05, 0) is 0 Å². The topological polar surface area (TPSA) is 269 Å². The molecule has 16 nitrogen and oxygen atoms in total. The zero-order valence-corrected chi connectivity index (χ0v) is 17.8. The molecule has 0 aliphatic carbocycles. The van der Waals surface area contributed by atoms with Crippen molar-refractivity contribution < 1.29 is 79.9 Å². The first kappa shape index (κ1) is 27.9. The van der Waals surface area contributed by atoms with Gasteiger partial charge in [-0.1, -0.05) is 0 Å². The highest BCUT2D eigenvalue weighted by Gasteiger charge is 2.59. The Bertz CT molecular complexity index is 651. The van der Waals surface area contributed by atoms with Gasteiger partial charge in [0.15, 0.2) is 12.6 Å². The zero-order chi connectivity index (χ0) is 25.4. The predicted octanol–water partition coefficient (Wildman–Crippen LogP) is -7.57. The molecule has 11 N–H and O–H groups in total. The standard InChI is InChI=1S/C18H32O16/c19-1-5-8(22)11(25)13(27)16(31-5)30-4-18(15(29)10(24)7(3-21)33-18)34-17-14(28)12(26)9(23)6(2-20)32-17/h5-17,19-29H,1-4H2/t5-,6-,7-,8+,9-,10-,11+,12+,13-,14-,15+,16?,17-,18+/m1/s1. The predicted molar refractivity (Wildman–Crippen MR) is 101 cm³/mol. The first-order valence-corrected chi connectivity index (χ1v) is 10.6. The Labute approximate surface area is 192 Å². The minimum absolute atomic E-state index is 0.748. The van der Waals surface area contributed by atoms with E-state index in [-0.39, 0.29) is 0 Å². The number of hydrogen-bond donors (Lipinski definition) is 11. The van der Waals surface area contributed by atoms with Crippen molar-refractivity contribution in [1.29, 1.82) is 0 Å². The van der Waals surface area contributed by atoms with Crippen molar-refractivity contribution in [3.8, 4) is 0 Å². The van der Waals surface area contributed by atoms with Crippen molar-refractivity contribution in [3.63, 3.8) is 0 Å². The molecule has 3 rings (SSSR count). The number of hydrogen-bond acceptors (Lipinski definition) is 16. The molecule has 34 heavy (non-hydrogen) atoms. The van der Waals surface area contributed by atoms with Gasteiger partial charge < -0.3 is 79.9 Å². The average molecular weight is 504 g/mol. The van der Waals surface area contributed by atoms with Crippen molar-refractivity contribution in [3.05, 3.63) is 0 Å². The van der Waals surface area contributed by atoms with Crippen molar-refractivity contribution in [2.75, 3.05) is 26.4 Å². The normalized spacial score (nSPS) is 52.1. The third-order valence-electron chi connectivity index (χ3n) is 6.15. The van der Waals surface area contributed by atoms with E-state index in [4.69, 9.17) is 23.7 Å². The fraction of sp³-hybridized carbons (Fsp3) is 1.00. The summed E-state index contributed by atoms with van der Waals surface area (Å²) < 4.78 is 26.8. The summed E-state index contributed by atoms with van der Waals surface area (Å²) in [6.07, 6.45) is -22.2. The fourth-order valence-corrected chi connectivity index (χ4v) is 4.02. The van der Waals surface area contributed by atoms with E-state index >= 15 is 0 Å². The van der Waals surface area contributed by atoms with Crippen molar-refractivity contribution in [2.45, 2.75) is 85.5 Å². The summed E-state index contributed by atoms with van der Waals surface area (Å²) >= 11 is 0. The van der Waals surface area contributed by atoms with Crippen LogP contribution in [0.2, 0.25) is 0 Å². The molecule has 0 saturated carbocycles. The van der Waals surface area contributed by atoms with Crippen LogP contribution in [-0.2, 0) is 23.7 Å². The number of aliphatic hydroxyl groups excluding tert-OH is 11. The highest BCUT2D eigenvalue weighted by Crippen LogP contribution is 2.37. The molecule has 0 aromatic heterocycles. The second-order valence-corrected chi connectivity index (χ2v) is 8.41. The summed E-state index contributed by atoms with van der Waals surface area (Å²) in [7, 11) is 0. The maximum atomic E-state index is 10.6. The smallest absolute Gasteiger partial charge is 0.224 e. The largest absolute Gasteiger partial charge is 0.394 e. The minimum Gasteiger partial charge on any atom is -0.394 e. The molecule has 0 spiro atoms. The number of rotatable bonds is 8. The highest BCUT2D eigenvalue weighted by molar-refractivity contribution is 4.99. The van der Waals surface area contributed by atoms with Gasteiger partial charge in [0.25, 0.3) is 0 Å². The van der Waals surface area contributed by atoms with Gasteiger partial charge in [0.05, 0.1) is 19.8 Å². The molecule has 0 amide bonds.